The number of fused-ring (bicyclic) bond motifs is 8. The average Bonchev–Trinajstić information content (AvgIpc) is 4.02. The zero-order chi connectivity index (χ0) is 33.9. The number of nitrogens with zero attached hydrogens (tertiary/aromatic N) is 2. The fourth-order valence-electron chi connectivity index (χ4n) is 6.84. The SMILES string of the molecule is C1=Cc2nc1c(-c1ccccc1)c1ccc([nH]1)c(-c1ccccc1)c1nc(c(-c3ccccc3)c3ccc([nH]3)c2-c2ccccc2)C=C1.[O]=[V]. The number of aromatic amines is 2. The maximum atomic E-state index is 8.19. The first-order chi connectivity index (χ1) is 24.8. The summed E-state index contributed by atoms with van der Waals surface area (Å²) in [6, 6.07) is 50.7. The molecule has 9 rings (SSSR count). The Kier molecular flexibility index (Phi) is 8.58. The Morgan fingerprint density at radius 1 is 0.320 bits per heavy atom. The zero-order valence-electron chi connectivity index (χ0n) is 26.9. The summed E-state index contributed by atoms with van der Waals surface area (Å²) in [5.41, 5.74) is 16.2. The van der Waals surface area contributed by atoms with E-state index in [1.165, 1.54) is 0 Å². The zero-order valence-corrected chi connectivity index (χ0v) is 28.3. The normalized spacial score (nSPS) is 11.6. The van der Waals surface area contributed by atoms with Crippen molar-refractivity contribution in [2.75, 3.05) is 0 Å². The van der Waals surface area contributed by atoms with E-state index in [0.29, 0.717) is 0 Å². The van der Waals surface area contributed by atoms with E-state index in [9.17, 15) is 0 Å². The number of nitrogens with one attached hydrogen (secondary N) is 2. The van der Waals surface area contributed by atoms with Crippen molar-refractivity contribution in [2.45, 2.75) is 0 Å². The van der Waals surface area contributed by atoms with Gasteiger partial charge in [-0.05, 0) is 70.8 Å². The van der Waals surface area contributed by atoms with Gasteiger partial charge in [0.1, 0.15) is 0 Å². The van der Waals surface area contributed by atoms with Crippen molar-refractivity contribution in [1.82, 2.24) is 19.9 Å². The van der Waals surface area contributed by atoms with E-state index in [4.69, 9.17) is 13.6 Å². The molecule has 0 saturated carbocycles. The predicted molar refractivity (Wildman–Crippen MR) is 201 cm³/mol. The van der Waals surface area contributed by atoms with Gasteiger partial charge < -0.3 is 9.97 Å². The molecular formula is C44H30N4OV. The van der Waals surface area contributed by atoms with Crippen LogP contribution in [0.5, 0.6) is 0 Å². The van der Waals surface area contributed by atoms with Gasteiger partial charge in [0.25, 0.3) is 0 Å². The maximum absolute atomic E-state index is 8.19. The Hall–Kier alpha value is -6.14. The number of hydrogen-bond acceptors (Lipinski definition) is 3. The van der Waals surface area contributed by atoms with Crippen LogP contribution >= 0.6 is 0 Å². The Morgan fingerprint density at radius 2 is 0.540 bits per heavy atom. The van der Waals surface area contributed by atoms with E-state index in [-0.39, 0.29) is 0 Å². The van der Waals surface area contributed by atoms with E-state index in [1.54, 1.807) is 0 Å². The van der Waals surface area contributed by atoms with Crippen molar-refractivity contribution >= 4 is 46.4 Å². The van der Waals surface area contributed by atoms with Gasteiger partial charge in [-0.25, -0.2) is 9.97 Å². The monoisotopic (exact) mass is 681 g/mol. The molecule has 7 aromatic rings. The van der Waals surface area contributed by atoms with Gasteiger partial charge in [0.15, 0.2) is 0 Å². The van der Waals surface area contributed by atoms with Gasteiger partial charge in [-0.1, -0.05) is 121 Å². The molecule has 5 heterocycles. The van der Waals surface area contributed by atoms with E-state index in [0.717, 1.165) is 107 Å². The number of rotatable bonds is 4. The summed E-state index contributed by atoms with van der Waals surface area (Å²) in [7, 11) is 0. The molecule has 0 unspecified atom stereocenters. The van der Waals surface area contributed by atoms with Crippen LogP contribution in [0.25, 0.3) is 90.9 Å². The number of benzene rings is 4. The molecule has 0 radical (unpaired) electrons. The second kappa shape index (κ2) is 13.8. The van der Waals surface area contributed by atoms with Crippen LogP contribution in [-0.2, 0) is 21.0 Å². The Balaban J connectivity index is 0.00000177. The van der Waals surface area contributed by atoms with Crippen molar-refractivity contribution in [2.24, 2.45) is 0 Å². The van der Waals surface area contributed by atoms with Gasteiger partial charge in [0, 0.05) is 44.3 Å². The predicted octanol–water partition coefficient (Wildman–Crippen LogP) is 11.2. The molecule has 237 valence electrons. The van der Waals surface area contributed by atoms with Crippen LogP contribution in [0.1, 0.15) is 22.8 Å². The number of hydrogen-bond donors (Lipinski definition) is 2. The molecular weight excluding hydrogens is 651 g/mol. The Morgan fingerprint density at radius 3 is 0.760 bits per heavy atom. The summed E-state index contributed by atoms with van der Waals surface area (Å²) in [6.45, 7) is 0. The van der Waals surface area contributed by atoms with Gasteiger partial charge in [-0.2, -0.15) is 0 Å². The van der Waals surface area contributed by atoms with Gasteiger partial charge in [0.2, 0.25) is 0 Å². The van der Waals surface area contributed by atoms with Crippen molar-refractivity contribution in [3.05, 3.63) is 168 Å². The van der Waals surface area contributed by atoms with Crippen molar-refractivity contribution in [1.29, 1.82) is 0 Å². The molecule has 4 aromatic carbocycles. The molecule has 2 aliphatic heterocycles. The first-order valence-electron chi connectivity index (χ1n) is 16.4. The van der Waals surface area contributed by atoms with Crippen LogP contribution in [-0.4, -0.2) is 19.9 Å². The molecule has 5 nitrogen and oxygen atoms in total. The van der Waals surface area contributed by atoms with Crippen molar-refractivity contribution in [3.63, 3.8) is 0 Å². The third-order valence-electron chi connectivity index (χ3n) is 9.00. The van der Waals surface area contributed by atoms with Crippen LogP contribution in [0, 0.1) is 0 Å². The molecule has 0 amide bonds. The van der Waals surface area contributed by atoms with Crippen LogP contribution in [0.4, 0.5) is 0 Å². The number of H-pyrrole nitrogens is 2. The molecule has 0 saturated heterocycles. The van der Waals surface area contributed by atoms with Crippen molar-refractivity contribution < 1.29 is 21.0 Å². The summed E-state index contributed by atoms with van der Waals surface area (Å²) >= 11 is 1.06. The van der Waals surface area contributed by atoms with Crippen LogP contribution < -0.4 is 0 Å². The minimum atomic E-state index is 0.906. The fourth-order valence-corrected chi connectivity index (χ4v) is 6.84. The third-order valence-corrected chi connectivity index (χ3v) is 9.00. The van der Waals surface area contributed by atoms with E-state index >= 15 is 0 Å². The van der Waals surface area contributed by atoms with E-state index in [1.807, 2.05) is 24.3 Å². The minimum absolute atomic E-state index is 0.906. The molecule has 0 spiro atoms. The summed E-state index contributed by atoms with van der Waals surface area (Å²) in [5.74, 6) is 0. The second-order valence-electron chi connectivity index (χ2n) is 12.0. The second-order valence-corrected chi connectivity index (χ2v) is 12.0. The molecule has 3 aromatic heterocycles. The summed E-state index contributed by atoms with van der Waals surface area (Å²) in [6.07, 6.45) is 8.54. The Labute approximate surface area is 299 Å². The molecule has 50 heavy (non-hydrogen) atoms. The molecule has 8 bridgehead atoms. The summed E-state index contributed by atoms with van der Waals surface area (Å²) in [5, 5.41) is 0. The third kappa shape index (κ3) is 5.79. The average molecular weight is 682 g/mol. The van der Waals surface area contributed by atoms with E-state index < -0.39 is 0 Å². The summed E-state index contributed by atoms with van der Waals surface area (Å²) < 4.78 is 8.19. The quantitative estimate of drug-likeness (QED) is 0.194. The first-order valence-corrected chi connectivity index (χ1v) is 16.9. The van der Waals surface area contributed by atoms with Gasteiger partial charge >= 0.3 is 21.0 Å². The molecule has 0 fully saturated rings. The molecule has 0 atom stereocenters. The van der Waals surface area contributed by atoms with Crippen LogP contribution in [0.2, 0.25) is 0 Å². The number of aromatic nitrogens is 4. The fraction of sp³-hybridized carbons (Fsp3) is 0. The van der Waals surface area contributed by atoms with Gasteiger partial charge in [-0.15, -0.1) is 0 Å². The molecule has 6 heteroatoms. The van der Waals surface area contributed by atoms with Gasteiger partial charge in [-0.3, -0.25) is 0 Å². The molecule has 2 aliphatic rings. The summed E-state index contributed by atoms with van der Waals surface area (Å²) in [4.78, 5) is 18.3. The topological polar surface area (TPSA) is 74.4 Å². The van der Waals surface area contributed by atoms with Gasteiger partial charge in [0.05, 0.1) is 22.8 Å². The first kappa shape index (κ1) is 31.2. The Bertz CT molecular complexity index is 2210. The van der Waals surface area contributed by atoms with Crippen LogP contribution in [0.15, 0.2) is 146 Å². The van der Waals surface area contributed by atoms with E-state index in [2.05, 4.69) is 156 Å². The van der Waals surface area contributed by atoms with Crippen LogP contribution in [0.3, 0.4) is 0 Å². The molecule has 2 N–H and O–H groups in total. The molecule has 0 aliphatic carbocycles. The standard InChI is InChI=1S/C44H30N4.O.V/c1-5-13-29(14-6-1)41-33-21-23-35(45-33)42(30-15-7-2-8-16-30)37-25-27-39(47-37)44(32-19-11-4-12-20-32)40-28-26-38(48-40)43(31-17-9-3-10-18-31)36-24-22-34(41)46-36;;/h1-28,45,48H;;. The van der Waals surface area contributed by atoms with Crippen molar-refractivity contribution in [3.8, 4) is 44.5 Å².